The second kappa shape index (κ2) is 8.83. The topological polar surface area (TPSA) is 30.9 Å². The summed E-state index contributed by atoms with van der Waals surface area (Å²) in [5.41, 5.74) is 1.05. The number of ether oxygens (including phenoxy) is 3. The maximum atomic E-state index is 13.1. The average molecular weight is 345 g/mol. The summed E-state index contributed by atoms with van der Waals surface area (Å²) < 4.78 is 30.0. The molecule has 25 heavy (non-hydrogen) atoms. The van der Waals surface area contributed by atoms with Crippen LogP contribution in [0.5, 0.6) is 11.5 Å². The van der Waals surface area contributed by atoms with Crippen molar-refractivity contribution in [3.05, 3.63) is 59.9 Å². The maximum absolute atomic E-state index is 13.1. The first-order valence-corrected chi connectivity index (χ1v) is 8.61. The van der Waals surface area contributed by atoms with Crippen LogP contribution < -0.4 is 9.47 Å². The predicted octanol–water partition coefficient (Wildman–Crippen LogP) is 3.68. The molecule has 4 nitrogen and oxygen atoms in total. The molecular formula is C20H24FNO3. The monoisotopic (exact) mass is 345 g/mol. The third kappa shape index (κ3) is 5.18. The number of halogens is 1. The molecule has 0 radical (unpaired) electrons. The van der Waals surface area contributed by atoms with Gasteiger partial charge in [0.25, 0.3) is 0 Å². The second-order valence-corrected chi connectivity index (χ2v) is 6.08. The van der Waals surface area contributed by atoms with Crippen LogP contribution in [0, 0.1) is 5.82 Å². The van der Waals surface area contributed by atoms with E-state index in [4.69, 9.17) is 14.2 Å². The van der Waals surface area contributed by atoms with E-state index in [1.54, 1.807) is 19.2 Å². The Morgan fingerprint density at radius 1 is 1.08 bits per heavy atom. The minimum Gasteiger partial charge on any atom is -0.497 e. The molecule has 0 aliphatic carbocycles. The highest BCUT2D eigenvalue weighted by molar-refractivity contribution is 5.31. The number of methoxy groups -OCH3 is 1. The summed E-state index contributed by atoms with van der Waals surface area (Å²) in [4.78, 5) is 2.38. The first-order valence-electron chi connectivity index (χ1n) is 8.61. The molecule has 0 spiro atoms. The quantitative estimate of drug-likeness (QED) is 0.766. The molecule has 1 unspecified atom stereocenters. The van der Waals surface area contributed by atoms with E-state index in [0.717, 1.165) is 50.6 Å². The van der Waals surface area contributed by atoms with Gasteiger partial charge in [-0.3, -0.25) is 4.90 Å². The van der Waals surface area contributed by atoms with Crippen molar-refractivity contribution in [1.29, 1.82) is 0 Å². The van der Waals surface area contributed by atoms with E-state index in [9.17, 15) is 4.39 Å². The molecule has 1 fully saturated rings. The summed E-state index contributed by atoms with van der Waals surface area (Å²) in [5, 5.41) is 0. The molecule has 0 saturated carbocycles. The van der Waals surface area contributed by atoms with Crippen LogP contribution in [0.15, 0.2) is 48.5 Å². The zero-order chi connectivity index (χ0) is 17.5. The van der Waals surface area contributed by atoms with Crippen molar-refractivity contribution in [2.24, 2.45) is 0 Å². The average Bonchev–Trinajstić information content (AvgIpc) is 2.67. The third-order valence-electron chi connectivity index (χ3n) is 4.37. The fraction of sp³-hybridized carbons (Fsp3) is 0.400. The highest BCUT2D eigenvalue weighted by atomic mass is 19.1. The lowest BCUT2D eigenvalue weighted by Gasteiger charge is -2.28. The lowest BCUT2D eigenvalue weighted by atomic mass is 10.1. The molecule has 2 aromatic rings. The Morgan fingerprint density at radius 3 is 2.56 bits per heavy atom. The number of rotatable bonds is 7. The van der Waals surface area contributed by atoms with Crippen molar-refractivity contribution < 1.29 is 18.6 Å². The van der Waals surface area contributed by atoms with Gasteiger partial charge in [-0.05, 0) is 42.0 Å². The molecule has 0 amide bonds. The van der Waals surface area contributed by atoms with Gasteiger partial charge in [-0.2, -0.15) is 0 Å². The SMILES string of the molecule is COc1cccc(C(CCN2CCOCC2)Oc2ccc(F)cc2)c1. The van der Waals surface area contributed by atoms with Crippen LogP contribution in [0.4, 0.5) is 4.39 Å². The maximum Gasteiger partial charge on any atom is 0.125 e. The molecule has 1 atom stereocenters. The van der Waals surface area contributed by atoms with Gasteiger partial charge in [-0.1, -0.05) is 12.1 Å². The van der Waals surface area contributed by atoms with Crippen LogP contribution >= 0.6 is 0 Å². The van der Waals surface area contributed by atoms with Gasteiger partial charge in [0.1, 0.15) is 23.4 Å². The number of benzene rings is 2. The van der Waals surface area contributed by atoms with Gasteiger partial charge in [-0.25, -0.2) is 4.39 Å². The molecular weight excluding hydrogens is 321 g/mol. The van der Waals surface area contributed by atoms with E-state index in [1.807, 2.05) is 24.3 Å². The smallest absolute Gasteiger partial charge is 0.125 e. The molecule has 2 aromatic carbocycles. The molecule has 1 heterocycles. The highest BCUT2D eigenvalue weighted by Crippen LogP contribution is 2.28. The molecule has 0 N–H and O–H groups in total. The van der Waals surface area contributed by atoms with Gasteiger partial charge in [0.15, 0.2) is 0 Å². The lowest BCUT2D eigenvalue weighted by molar-refractivity contribution is 0.0317. The van der Waals surface area contributed by atoms with E-state index < -0.39 is 0 Å². The normalized spacial score (nSPS) is 16.4. The zero-order valence-corrected chi connectivity index (χ0v) is 14.5. The van der Waals surface area contributed by atoms with E-state index in [2.05, 4.69) is 4.90 Å². The summed E-state index contributed by atoms with van der Waals surface area (Å²) in [6.07, 6.45) is 0.716. The molecule has 1 aliphatic rings. The molecule has 134 valence electrons. The van der Waals surface area contributed by atoms with Crippen molar-refractivity contribution in [1.82, 2.24) is 4.90 Å². The molecule has 0 aromatic heterocycles. The summed E-state index contributed by atoms with van der Waals surface area (Å²) in [6.45, 7) is 4.38. The number of hydrogen-bond donors (Lipinski definition) is 0. The summed E-state index contributed by atoms with van der Waals surface area (Å²) in [5.74, 6) is 1.20. The first kappa shape index (κ1) is 17.7. The van der Waals surface area contributed by atoms with Crippen molar-refractivity contribution in [3.8, 4) is 11.5 Å². The Morgan fingerprint density at radius 2 is 1.84 bits per heavy atom. The Labute approximate surface area is 148 Å². The van der Waals surface area contributed by atoms with Gasteiger partial charge in [0.05, 0.1) is 20.3 Å². The van der Waals surface area contributed by atoms with Crippen LogP contribution in [0.2, 0.25) is 0 Å². The van der Waals surface area contributed by atoms with Crippen LogP contribution in [-0.2, 0) is 4.74 Å². The van der Waals surface area contributed by atoms with Gasteiger partial charge in [-0.15, -0.1) is 0 Å². The van der Waals surface area contributed by atoms with Gasteiger partial charge in [0, 0.05) is 26.1 Å². The molecule has 0 bridgehead atoms. The Balaban J connectivity index is 1.73. The first-order chi connectivity index (χ1) is 12.2. The molecule has 5 heteroatoms. The molecule has 1 saturated heterocycles. The van der Waals surface area contributed by atoms with E-state index in [1.165, 1.54) is 12.1 Å². The second-order valence-electron chi connectivity index (χ2n) is 6.08. The lowest BCUT2D eigenvalue weighted by Crippen LogP contribution is -2.37. The minimum atomic E-state index is -0.265. The summed E-state index contributed by atoms with van der Waals surface area (Å²) >= 11 is 0. The largest absolute Gasteiger partial charge is 0.497 e. The van der Waals surface area contributed by atoms with Gasteiger partial charge >= 0.3 is 0 Å². The predicted molar refractivity (Wildman–Crippen MR) is 94.6 cm³/mol. The number of nitrogens with zero attached hydrogens (tertiary/aromatic N) is 1. The van der Waals surface area contributed by atoms with E-state index in [0.29, 0.717) is 5.75 Å². The Bertz CT molecular complexity index is 656. The van der Waals surface area contributed by atoms with Crippen molar-refractivity contribution >= 4 is 0 Å². The van der Waals surface area contributed by atoms with Gasteiger partial charge in [0.2, 0.25) is 0 Å². The standard InChI is InChI=1S/C20H24FNO3/c1-23-19-4-2-3-16(15-19)20(9-10-22-11-13-24-14-12-22)25-18-7-5-17(21)6-8-18/h2-8,15,20H,9-14H2,1H3. The highest BCUT2D eigenvalue weighted by Gasteiger charge is 2.18. The van der Waals surface area contributed by atoms with Crippen molar-refractivity contribution in [3.63, 3.8) is 0 Å². The number of hydrogen-bond acceptors (Lipinski definition) is 4. The van der Waals surface area contributed by atoms with Crippen LogP contribution in [0.3, 0.4) is 0 Å². The fourth-order valence-electron chi connectivity index (χ4n) is 2.94. The third-order valence-corrected chi connectivity index (χ3v) is 4.37. The van der Waals surface area contributed by atoms with Gasteiger partial charge < -0.3 is 14.2 Å². The number of morpholine rings is 1. The Hall–Kier alpha value is -2.11. The minimum absolute atomic E-state index is 0.122. The van der Waals surface area contributed by atoms with Crippen LogP contribution in [0.25, 0.3) is 0 Å². The molecule has 3 rings (SSSR count). The van der Waals surface area contributed by atoms with Crippen molar-refractivity contribution in [2.75, 3.05) is 40.0 Å². The summed E-state index contributed by atoms with van der Waals surface area (Å²) in [7, 11) is 1.66. The fourth-order valence-corrected chi connectivity index (χ4v) is 2.94. The van der Waals surface area contributed by atoms with Crippen molar-refractivity contribution in [2.45, 2.75) is 12.5 Å². The van der Waals surface area contributed by atoms with Crippen LogP contribution in [-0.4, -0.2) is 44.9 Å². The van der Waals surface area contributed by atoms with E-state index in [-0.39, 0.29) is 11.9 Å². The van der Waals surface area contributed by atoms with Crippen LogP contribution in [0.1, 0.15) is 18.1 Å². The summed E-state index contributed by atoms with van der Waals surface area (Å²) in [6, 6.07) is 14.1. The zero-order valence-electron chi connectivity index (χ0n) is 14.5. The van der Waals surface area contributed by atoms with E-state index >= 15 is 0 Å². The Kier molecular flexibility index (Phi) is 6.25. The molecule has 1 aliphatic heterocycles.